The summed E-state index contributed by atoms with van der Waals surface area (Å²) in [6, 6.07) is 10.0. The first kappa shape index (κ1) is 16.2. The van der Waals surface area contributed by atoms with Gasteiger partial charge in [0.25, 0.3) is 5.91 Å². The van der Waals surface area contributed by atoms with Gasteiger partial charge in [-0.25, -0.2) is 9.59 Å². The topological polar surface area (TPSA) is 101 Å². The molecule has 0 saturated carbocycles. The number of carbonyl (C=O) groups is 2. The number of fused-ring (bicyclic) bond motifs is 1. The minimum atomic E-state index is -0.925. The molecule has 7 heteroatoms. The van der Waals surface area contributed by atoms with Crippen LogP contribution in [0.4, 0.5) is 0 Å². The number of benzene rings is 1. The Labute approximate surface area is 131 Å². The summed E-state index contributed by atoms with van der Waals surface area (Å²) in [5.41, 5.74) is -0.725. The monoisotopic (exact) mass is 314 g/mol. The molecular weight excluding hydrogens is 300 g/mol. The Morgan fingerprint density at radius 3 is 2.83 bits per heavy atom. The summed E-state index contributed by atoms with van der Waals surface area (Å²) >= 11 is 0. The normalized spacial score (nSPS) is 10.1. The summed E-state index contributed by atoms with van der Waals surface area (Å²) in [5.74, 6) is -1.38. The number of hydrogen-bond donors (Lipinski definition) is 0. The third kappa shape index (κ3) is 3.95. The van der Waals surface area contributed by atoms with E-state index >= 15 is 0 Å². The fourth-order valence-corrected chi connectivity index (χ4v) is 1.86. The minimum absolute atomic E-state index is 0.185. The highest BCUT2D eigenvalue weighted by atomic mass is 16.5. The van der Waals surface area contributed by atoms with Gasteiger partial charge in [-0.3, -0.25) is 4.79 Å². The summed E-state index contributed by atoms with van der Waals surface area (Å²) in [6.45, 7) is -0.266. The molecule has 0 saturated heterocycles. The fourth-order valence-electron chi connectivity index (χ4n) is 1.86. The maximum atomic E-state index is 11.9. The molecule has 1 aromatic carbocycles. The fraction of sp³-hybridized carbons (Fsp3) is 0.250. The lowest BCUT2D eigenvalue weighted by atomic mass is 10.2. The van der Waals surface area contributed by atoms with E-state index in [4.69, 9.17) is 14.4 Å². The quantitative estimate of drug-likeness (QED) is 0.609. The predicted molar refractivity (Wildman–Crippen MR) is 80.6 cm³/mol. The zero-order valence-corrected chi connectivity index (χ0v) is 12.4. The van der Waals surface area contributed by atoms with Crippen molar-refractivity contribution in [3.8, 4) is 6.07 Å². The summed E-state index contributed by atoms with van der Waals surface area (Å²) in [5, 5.41) is 9.04. The van der Waals surface area contributed by atoms with Crippen LogP contribution >= 0.6 is 0 Å². The standard InChI is InChI=1S/C16H14N2O5/c1-18(8-4-7-17)14(19)10-22-15(20)12-9-11-5-2-3-6-13(11)23-16(12)21/h2-3,5-6,9H,4,8,10H2,1H3. The summed E-state index contributed by atoms with van der Waals surface area (Å²) in [6.07, 6.45) is 0.185. The van der Waals surface area contributed by atoms with Gasteiger partial charge in [0.2, 0.25) is 0 Å². The number of para-hydroxylation sites is 1. The van der Waals surface area contributed by atoms with Gasteiger partial charge in [0.05, 0.1) is 12.5 Å². The van der Waals surface area contributed by atoms with Gasteiger partial charge in [-0.05, 0) is 12.1 Å². The van der Waals surface area contributed by atoms with Crippen molar-refractivity contribution in [2.45, 2.75) is 6.42 Å². The number of hydrogen-bond acceptors (Lipinski definition) is 6. The lowest BCUT2D eigenvalue weighted by Gasteiger charge is -2.15. The molecule has 1 heterocycles. The summed E-state index contributed by atoms with van der Waals surface area (Å²) in [7, 11) is 1.50. The molecule has 0 fully saturated rings. The molecule has 0 unspecified atom stereocenters. The van der Waals surface area contributed by atoms with E-state index in [-0.39, 0.29) is 18.5 Å². The first-order valence-electron chi connectivity index (χ1n) is 6.84. The lowest BCUT2D eigenvalue weighted by molar-refractivity contribution is -0.133. The zero-order valence-electron chi connectivity index (χ0n) is 12.4. The first-order chi connectivity index (χ1) is 11.0. The van der Waals surface area contributed by atoms with E-state index in [0.29, 0.717) is 11.0 Å². The van der Waals surface area contributed by atoms with Gasteiger partial charge in [0.1, 0.15) is 11.1 Å². The molecule has 0 aliphatic heterocycles. The first-order valence-corrected chi connectivity index (χ1v) is 6.84. The molecule has 0 bridgehead atoms. The highest BCUT2D eigenvalue weighted by Gasteiger charge is 2.17. The molecule has 0 atom stereocenters. The molecule has 0 aliphatic rings. The van der Waals surface area contributed by atoms with Gasteiger partial charge in [0.15, 0.2) is 6.61 Å². The Morgan fingerprint density at radius 1 is 1.35 bits per heavy atom. The van der Waals surface area contributed by atoms with E-state index in [2.05, 4.69) is 0 Å². The number of amides is 1. The average molecular weight is 314 g/mol. The molecule has 0 spiro atoms. The molecule has 7 nitrogen and oxygen atoms in total. The van der Waals surface area contributed by atoms with Crippen molar-refractivity contribution in [2.75, 3.05) is 20.2 Å². The largest absolute Gasteiger partial charge is 0.452 e. The van der Waals surface area contributed by atoms with Crippen LogP contribution in [-0.2, 0) is 9.53 Å². The van der Waals surface area contributed by atoms with Crippen LogP contribution in [0.15, 0.2) is 39.5 Å². The Morgan fingerprint density at radius 2 is 2.09 bits per heavy atom. The number of rotatable bonds is 5. The van der Waals surface area contributed by atoms with Crippen molar-refractivity contribution >= 4 is 22.8 Å². The third-order valence-electron chi connectivity index (χ3n) is 3.17. The highest BCUT2D eigenvalue weighted by molar-refractivity contribution is 5.94. The van der Waals surface area contributed by atoms with Gasteiger partial charge in [-0.2, -0.15) is 5.26 Å². The van der Waals surface area contributed by atoms with Crippen LogP contribution in [0.25, 0.3) is 11.0 Å². The van der Waals surface area contributed by atoms with Crippen LogP contribution in [0.2, 0.25) is 0 Å². The average Bonchev–Trinajstić information content (AvgIpc) is 2.56. The van der Waals surface area contributed by atoms with E-state index < -0.39 is 24.1 Å². The van der Waals surface area contributed by atoms with Crippen molar-refractivity contribution < 1.29 is 18.7 Å². The van der Waals surface area contributed by atoms with Gasteiger partial charge in [-0.15, -0.1) is 0 Å². The predicted octanol–water partition coefficient (Wildman–Crippen LogP) is 1.32. The maximum absolute atomic E-state index is 11.9. The Kier molecular flexibility index (Phi) is 5.10. The Bertz CT molecular complexity index is 834. The zero-order chi connectivity index (χ0) is 16.8. The molecular formula is C16H14N2O5. The summed E-state index contributed by atoms with van der Waals surface area (Å²) < 4.78 is 9.88. The van der Waals surface area contributed by atoms with Gasteiger partial charge >= 0.3 is 11.6 Å². The minimum Gasteiger partial charge on any atom is -0.452 e. The second kappa shape index (κ2) is 7.22. The molecule has 0 radical (unpaired) electrons. The number of carbonyl (C=O) groups excluding carboxylic acids is 2. The maximum Gasteiger partial charge on any atom is 0.351 e. The molecule has 1 amide bonds. The van der Waals surface area contributed by atoms with Crippen molar-refractivity contribution in [1.29, 1.82) is 5.26 Å². The van der Waals surface area contributed by atoms with Crippen molar-refractivity contribution in [2.24, 2.45) is 0 Å². The molecule has 1 aromatic heterocycles. The third-order valence-corrected chi connectivity index (χ3v) is 3.17. The highest BCUT2D eigenvalue weighted by Crippen LogP contribution is 2.13. The van der Waals surface area contributed by atoms with Crippen molar-refractivity contribution in [3.63, 3.8) is 0 Å². The molecule has 2 rings (SSSR count). The number of nitrogens with zero attached hydrogens (tertiary/aromatic N) is 2. The van der Waals surface area contributed by atoms with E-state index in [9.17, 15) is 14.4 Å². The van der Waals surface area contributed by atoms with E-state index in [0.717, 1.165) is 0 Å². The molecule has 0 N–H and O–H groups in total. The van der Waals surface area contributed by atoms with Crippen LogP contribution in [0.5, 0.6) is 0 Å². The van der Waals surface area contributed by atoms with Crippen LogP contribution in [-0.4, -0.2) is 37.0 Å². The molecule has 2 aromatic rings. The lowest BCUT2D eigenvalue weighted by Crippen LogP contribution is -2.32. The van der Waals surface area contributed by atoms with Crippen LogP contribution < -0.4 is 5.63 Å². The SMILES string of the molecule is CN(CCC#N)C(=O)COC(=O)c1cc2ccccc2oc1=O. The van der Waals surface area contributed by atoms with Crippen LogP contribution in [0.3, 0.4) is 0 Å². The second-order valence-corrected chi connectivity index (χ2v) is 4.78. The van der Waals surface area contributed by atoms with E-state index in [1.807, 2.05) is 6.07 Å². The molecule has 118 valence electrons. The van der Waals surface area contributed by atoms with Crippen molar-refractivity contribution in [3.05, 3.63) is 46.3 Å². The van der Waals surface area contributed by atoms with Crippen LogP contribution in [0.1, 0.15) is 16.8 Å². The van der Waals surface area contributed by atoms with Crippen molar-refractivity contribution in [1.82, 2.24) is 4.90 Å². The van der Waals surface area contributed by atoms with Gasteiger partial charge in [-0.1, -0.05) is 18.2 Å². The Balaban J connectivity index is 2.07. The second-order valence-electron chi connectivity index (χ2n) is 4.78. The smallest absolute Gasteiger partial charge is 0.351 e. The molecule has 0 aliphatic carbocycles. The molecule has 23 heavy (non-hydrogen) atoms. The summed E-state index contributed by atoms with van der Waals surface area (Å²) in [4.78, 5) is 36.7. The van der Waals surface area contributed by atoms with Gasteiger partial charge in [0, 0.05) is 19.0 Å². The van der Waals surface area contributed by atoms with Gasteiger partial charge < -0.3 is 14.1 Å². The number of ether oxygens (including phenoxy) is 1. The van der Waals surface area contributed by atoms with E-state index in [1.54, 1.807) is 24.3 Å². The number of likely N-dealkylation sites (N-methyl/N-ethyl adjacent to an activating group) is 1. The van der Waals surface area contributed by atoms with E-state index in [1.165, 1.54) is 18.0 Å². The number of nitriles is 1. The Hall–Kier alpha value is -3.14. The number of esters is 1. The van der Waals surface area contributed by atoms with Crippen LogP contribution in [0, 0.1) is 11.3 Å².